The van der Waals surface area contributed by atoms with E-state index in [0.717, 1.165) is 16.8 Å². The van der Waals surface area contributed by atoms with Crippen LogP contribution in [0.2, 0.25) is 0 Å². The lowest BCUT2D eigenvalue weighted by Crippen LogP contribution is -2.07. The Bertz CT molecular complexity index is 741. The molecule has 2 aliphatic rings. The maximum atomic E-state index is 15.0. The predicted octanol–water partition coefficient (Wildman–Crippen LogP) is 7.42. The molecule has 2 aromatic rings. The van der Waals surface area contributed by atoms with Gasteiger partial charge in [-0.1, -0.05) is 64.2 Å². The van der Waals surface area contributed by atoms with Gasteiger partial charge in [0.1, 0.15) is 5.52 Å². The van der Waals surface area contributed by atoms with Crippen molar-refractivity contribution >= 4 is 11.0 Å². The average molecular weight is 369 g/mol. The SMILES string of the molecule is Fc1cc(C2CCCCCCC2)cc2ncc(C3CCCCCCC3)nc12. The first-order valence-electron chi connectivity index (χ1n) is 11.3. The van der Waals surface area contributed by atoms with Gasteiger partial charge >= 0.3 is 0 Å². The van der Waals surface area contributed by atoms with Crippen LogP contribution in [0.4, 0.5) is 4.39 Å². The summed E-state index contributed by atoms with van der Waals surface area (Å²) >= 11 is 0. The summed E-state index contributed by atoms with van der Waals surface area (Å²) in [5.74, 6) is 0.757. The summed E-state index contributed by atoms with van der Waals surface area (Å²) in [6.45, 7) is 0. The van der Waals surface area contributed by atoms with Crippen molar-refractivity contribution in [3.63, 3.8) is 0 Å². The molecule has 1 heterocycles. The first-order chi connectivity index (χ1) is 13.3. The van der Waals surface area contributed by atoms with Crippen molar-refractivity contribution in [1.29, 1.82) is 0 Å². The summed E-state index contributed by atoms with van der Waals surface area (Å²) in [6.07, 6.45) is 19.6. The van der Waals surface area contributed by atoms with E-state index in [4.69, 9.17) is 4.98 Å². The van der Waals surface area contributed by atoms with Gasteiger partial charge in [0.05, 0.1) is 11.2 Å². The summed E-state index contributed by atoms with van der Waals surface area (Å²) in [6, 6.07) is 3.87. The smallest absolute Gasteiger partial charge is 0.151 e. The fraction of sp³-hybridized carbons (Fsp3) is 0.667. The number of aromatic nitrogens is 2. The monoisotopic (exact) mass is 368 g/mol. The van der Waals surface area contributed by atoms with E-state index >= 15 is 0 Å². The Kier molecular flexibility index (Phi) is 6.36. The summed E-state index contributed by atoms with van der Waals surface area (Å²) in [5.41, 5.74) is 3.35. The van der Waals surface area contributed by atoms with Crippen molar-refractivity contribution < 1.29 is 4.39 Å². The van der Waals surface area contributed by atoms with Crippen molar-refractivity contribution in [3.05, 3.63) is 35.4 Å². The van der Waals surface area contributed by atoms with Crippen LogP contribution in [-0.4, -0.2) is 9.97 Å². The molecular weight excluding hydrogens is 335 g/mol. The fourth-order valence-electron chi connectivity index (χ4n) is 5.08. The van der Waals surface area contributed by atoms with E-state index in [0.29, 0.717) is 17.4 Å². The maximum Gasteiger partial charge on any atom is 0.151 e. The van der Waals surface area contributed by atoms with Crippen LogP contribution in [0.5, 0.6) is 0 Å². The Balaban J connectivity index is 1.59. The van der Waals surface area contributed by atoms with Crippen LogP contribution in [0.1, 0.15) is 113 Å². The first kappa shape index (κ1) is 18.8. The zero-order valence-corrected chi connectivity index (χ0v) is 16.6. The summed E-state index contributed by atoms with van der Waals surface area (Å²) in [4.78, 5) is 9.42. The molecule has 0 amide bonds. The number of rotatable bonds is 2. The molecule has 2 aliphatic carbocycles. The van der Waals surface area contributed by atoms with Gasteiger partial charge < -0.3 is 0 Å². The highest BCUT2D eigenvalue weighted by molar-refractivity contribution is 5.76. The van der Waals surface area contributed by atoms with E-state index in [2.05, 4.69) is 11.1 Å². The van der Waals surface area contributed by atoms with Gasteiger partial charge in [-0.25, -0.2) is 9.37 Å². The molecule has 4 rings (SSSR count). The van der Waals surface area contributed by atoms with Gasteiger partial charge in [0.25, 0.3) is 0 Å². The molecule has 0 spiro atoms. The Morgan fingerprint density at radius 2 is 1.26 bits per heavy atom. The summed E-state index contributed by atoms with van der Waals surface area (Å²) in [7, 11) is 0. The highest BCUT2D eigenvalue weighted by atomic mass is 19.1. The van der Waals surface area contributed by atoms with Gasteiger partial charge in [-0.2, -0.15) is 0 Å². The van der Waals surface area contributed by atoms with Gasteiger partial charge in [-0.05, 0) is 49.3 Å². The van der Waals surface area contributed by atoms with Crippen molar-refractivity contribution in [2.75, 3.05) is 0 Å². The lowest BCUT2D eigenvalue weighted by molar-refractivity contribution is 0.449. The van der Waals surface area contributed by atoms with E-state index in [1.807, 2.05) is 6.20 Å². The molecule has 146 valence electrons. The minimum Gasteiger partial charge on any atom is -0.253 e. The molecule has 0 saturated heterocycles. The molecule has 0 bridgehead atoms. The number of hydrogen-bond acceptors (Lipinski definition) is 2. The van der Waals surface area contributed by atoms with Crippen molar-refractivity contribution in [2.45, 2.75) is 102 Å². The third-order valence-corrected chi connectivity index (χ3v) is 6.74. The van der Waals surface area contributed by atoms with Gasteiger partial charge in [0.2, 0.25) is 0 Å². The minimum absolute atomic E-state index is 0.176. The molecule has 0 aliphatic heterocycles. The van der Waals surface area contributed by atoms with E-state index in [9.17, 15) is 4.39 Å². The Hall–Kier alpha value is -1.51. The predicted molar refractivity (Wildman–Crippen MR) is 110 cm³/mol. The fourth-order valence-corrected chi connectivity index (χ4v) is 5.08. The molecule has 2 saturated carbocycles. The highest BCUT2D eigenvalue weighted by Crippen LogP contribution is 2.34. The molecule has 1 aromatic carbocycles. The van der Waals surface area contributed by atoms with Gasteiger partial charge in [-0.3, -0.25) is 4.98 Å². The second-order valence-corrected chi connectivity index (χ2v) is 8.75. The lowest BCUT2D eigenvalue weighted by atomic mass is 9.85. The van der Waals surface area contributed by atoms with E-state index < -0.39 is 0 Å². The molecule has 2 nitrogen and oxygen atoms in total. The zero-order chi connectivity index (χ0) is 18.5. The quantitative estimate of drug-likeness (QED) is 0.551. The van der Waals surface area contributed by atoms with Crippen molar-refractivity contribution in [2.24, 2.45) is 0 Å². The Morgan fingerprint density at radius 3 is 1.89 bits per heavy atom. The van der Waals surface area contributed by atoms with Crippen LogP contribution >= 0.6 is 0 Å². The average Bonchev–Trinajstić information content (AvgIpc) is 2.61. The van der Waals surface area contributed by atoms with Crippen LogP contribution in [0, 0.1) is 5.82 Å². The molecule has 0 radical (unpaired) electrons. The lowest BCUT2D eigenvalue weighted by Gasteiger charge is -2.21. The van der Waals surface area contributed by atoms with Gasteiger partial charge in [0.15, 0.2) is 5.82 Å². The number of halogens is 1. The van der Waals surface area contributed by atoms with E-state index in [1.165, 1.54) is 89.9 Å². The first-order valence-corrected chi connectivity index (χ1v) is 11.3. The van der Waals surface area contributed by atoms with Gasteiger partial charge in [0, 0.05) is 12.1 Å². The Morgan fingerprint density at radius 1 is 0.704 bits per heavy atom. The van der Waals surface area contributed by atoms with E-state index in [-0.39, 0.29) is 5.82 Å². The van der Waals surface area contributed by atoms with Crippen LogP contribution in [0.15, 0.2) is 18.3 Å². The van der Waals surface area contributed by atoms with Crippen LogP contribution in [0.3, 0.4) is 0 Å². The number of benzene rings is 1. The molecule has 0 atom stereocenters. The van der Waals surface area contributed by atoms with Crippen molar-refractivity contribution in [3.8, 4) is 0 Å². The molecule has 2 fully saturated rings. The molecule has 27 heavy (non-hydrogen) atoms. The molecule has 0 N–H and O–H groups in total. The normalized spacial score (nSPS) is 21.4. The number of nitrogens with zero attached hydrogens (tertiary/aromatic N) is 2. The third-order valence-electron chi connectivity index (χ3n) is 6.74. The van der Waals surface area contributed by atoms with E-state index in [1.54, 1.807) is 6.07 Å². The standard InChI is InChI=1S/C24H33FN2/c25-21-15-20(18-11-7-3-1-4-8-12-18)16-22-24(21)27-23(17-26-22)19-13-9-5-2-6-10-14-19/h15-19H,1-14H2. The molecule has 0 unspecified atom stereocenters. The zero-order valence-electron chi connectivity index (χ0n) is 16.6. The topological polar surface area (TPSA) is 25.8 Å². The summed E-state index contributed by atoms with van der Waals surface area (Å²) in [5, 5.41) is 0. The molecule has 1 aromatic heterocycles. The van der Waals surface area contributed by atoms with Gasteiger partial charge in [-0.15, -0.1) is 0 Å². The second kappa shape index (κ2) is 9.12. The second-order valence-electron chi connectivity index (χ2n) is 8.75. The number of hydrogen-bond donors (Lipinski definition) is 0. The molecular formula is C24H33FN2. The maximum absolute atomic E-state index is 15.0. The van der Waals surface area contributed by atoms with Crippen LogP contribution < -0.4 is 0 Å². The molecule has 3 heteroatoms. The Labute approximate surface area is 163 Å². The van der Waals surface area contributed by atoms with Crippen molar-refractivity contribution in [1.82, 2.24) is 9.97 Å². The minimum atomic E-state index is -0.176. The largest absolute Gasteiger partial charge is 0.253 e. The van der Waals surface area contributed by atoms with Crippen LogP contribution in [0.25, 0.3) is 11.0 Å². The number of fused-ring (bicyclic) bond motifs is 1. The third kappa shape index (κ3) is 4.67. The summed E-state index contributed by atoms with van der Waals surface area (Å²) < 4.78 is 15.0. The van der Waals surface area contributed by atoms with Crippen LogP contribution in [-0.2, 0) is 0 Å². The highest BCUT2D eigenvalue weighted by Gasteiger charge is 2.19.